The van der Waals surface area contributed by atoms with Gasteiger partial charge in [0.25, 0.3) is 0 Å². The van der Waals surface area contributed by atoms with E-state index in [4.69, 9.17) is 0 Å². The highest BCUT2D eigenvalue weighted by atomic mass is 19.3. The van der Waals surface area contributed by atoms with Crippen LogP contribution in [0.2, 0.25) is 0 Å². The molecule has 0 saturated carbocycles. The van der Waals surface area contributed by atoms with E-state index in [0.29, 0.717) is 6.20 Å². The third-order valence-electron chi connectivity index (χ3n) is 0.999. The summed E-state index contributed by atoms with van der Waals surface area (Å²) in [7, 11) is 0. The fraction of sp³-hybridized carbons (Fsp3) is 0.250. The number of halogens is 2. The molecule has 0 aliphatic heterocycles. The number of nitro groups is 1. The Morgan fingerprint density at radius 1 is 1.73 bits per heavy atom. The van der Waals surface area contributed by atoms with E-state index in [1.54, 1.807) is 0 Å². The standard InChI is InChI=1S/C4H3F2N3O2/c5-4(6)8-2-3(1-7-8)9(10)11/h1-2,4H. The summed E-state index contributed by atoms with van der Waals surface area (Å²) in [6.45, 7) is -2.83. The van der Waals surface area contributed by atoms with E-state index in [-0.39, 0.29) is 4.68 Å². The van der Waals surface area contributed by atoms with Gasteiger partial charge in [0.15, 0.2) is 0 Å². The van der Waals surface area contributed by atoms with E-state index in [1.807, 2.05) is 0 Å². The Labute approximate surface area is 59.4 Å². The van der Waals surface area contributed by atoms with Crippen LogP contribution >= 0.6 is 0 Å². The Morgan fingerprint density at radius 2 is 2.36 bits per heavy atom. The molecule has 7 heteroatoms. The lowest BCUT2D eigenvalue weighted by Gasteiger charge is -1.93. The molecule has 11 heavy (non-hydrogen) atoms. The molecular formula is C4H3F2N3O2. The summed E-state index contributed by atoms with van der Waals surface area (Å²) < 4.78 is 23.7. The average molecular weight is 163 g/mol. The molecule has 0 aromatic carbocycles. The summed E-state index contributed by atoms with van der Waals surface area (Å²) in [5.41, 5.74) is -0.440. The molecule has 0 aliphatic carbocycles. The lowest BCUT2D eigenvalue weighted by atomic mass is 10.6. The Hall–Kier alpha value is -1.53. The Balaban J connectivity index is 2.90. The molecule has 0 bridgehead atoms. The monoisotopic (exact) mass is 163 g/mol. The molecule has 0 spiro atoms. The Bertz CT molecular complexity index is 272. The van der Waals surface area contributed by atoms with Crippen molar-refractivity contribution in [2.45, 2.75) is 6.55 Å². The van der Waals surface area contributed by atoms with Crippen LogP contribution in [-0.4, -0.2) is 14.7 Å². The fourth-order valence-corrected chi connectivity index (χ4v) is 0.529. The highest BCUT2D eigenvalue weighted by Crippen LogP contribution is 2.13. The van der Waals surface area contributed by atoms with Crippen LogP contribution in [0.25, 0.3) is 0 Å². The van der Waals surface area contributed by atoms with Gasteiger partial charge in [-0.25, -0.2) is 4.68 Å². The van der Waals surface area contributed by atoms with Gasteiger partial charge in [0, 0.05) is 0 Å². The van der Waals surface area contributed by atoms with Crippen LogP contribution in [0, 0.1) is 10.1 Å². The zero-order valence-corrected chi connectivity index (χ0v) is 5.15. The van der Waals surface area contributed by atoms with Gasteiger partial charge >= 0.3 is 12.2 Å². The first-order chi connectivity index (χ1) is 5.11. The van der Waals surface area contributed by atoms with Gasteiger partial charge in [-0.3, -0.25) is 10.1 Å². The van der Waals surface area contributed by atoms with Crippen molar-refractivity contribution in [1.82, 2.24) is 9.78 Å². The topological polar surface area (TPSA) is 61.0 Å². The number of nitrogens with zero attached hydrogens (tertiary/aromatic N) is 3. The molecular weight excluding hydrogens is 160 g/mol. The average Bonchev–Trinajstić information content (AvgIpc) is 2.33. The van der Waals surface area contributed by atoms with E-state index in [2.05, 4.69) is 5.10 Å². The van der Waals surface area contributed by atoms with Crippen LogP contribution in [0.15, 0.2) is 12.4 Å². The fourth-order valence-electron chi connectivity index (χ4n) is 0.529. The summed E-state index contributed by atoms with van der Waals surface area (Å²) in [6.07, 6.45) is 1.44. The summed E-state index contributed by atoms with van der Waals surface area (Å²) in [4.78, 5) is 9.16. The van der Waals surface area contributed by atoms with Crippen LogP contribution in [0.4, 0.5) is 14.5 Å². The molecule has 0 fully saturated rings. The molecule has 0 unspecified atom stereocenters. The maximum absolute atomic E-state index is 11.7. The second-order valence-corrected chi connectivity index (χ2v) is 1.71. The molecule has 60 valence electrons. The second kappa shape index (κ2) is 2.60. The largest absolute Gasteiger partial charge is 0.333 e. The molecule has 1 aromatic heterocycles. The van der Waals surface area contributed by atoms with Crippen LogP contribution in [0.3, 0.4) is 0 Å². The van der Waals surface area contributed by atoms with Crippen molar-refractivity contribution in [3.8, 4) is 0 Å². The van der Waals surface area contributed by atoms with Crippen molar-refractivity contribution in [3.05, 3.63) is 22.5 Å². The highest BCUT2D eigenvalue weighted by molar-refractivity contribution is 5.20. The SMILES string of the molecule is O=[N+]([O-])c1cnn(C(F)F)c1. The van der Waals surface area contributed by atoms with Gasteiger partial charge in [0.05, 0.1) is 4.92 Å². The Morgan fingerprint density at radius 3 is 2.64 bits per heavy atom. The Kier molecular flexibility index (Phi) is 1.79. The molecule has 1 heterocycles. The number of hydrogen-bond acceptors (Lipinski definition) is 3. The first kappa shape index (κ1) is 7.58. The smallest absolute Gasteiger partial charge is 0.258 e. The minimum Gasteiger partial charge on any atom is -0.258 e. The van der Waals surface area contributed by atoms with Crippen molar-refractivity contribution >= 4 is 5.69 Å². The predicted molar refractivity (Wildman–Crippen MR) is 30.1 cm³/mol. The van der Waals surface area contributed by atoms with Gasteiger partial charge in [-0.1, -0.05) is 0 Å². The normalized spacial score (nSPS) is 10.5. The quantitative estimate of drug-likeness (QED) is 0.485. The number of rotatable bonds is 2. The zero-order chi connectivity index (χ0) is 8.43. The molecule has 5 nitrogen and oxygen atoms in total. The summed E-state index contributed by atoms with van der Waals surface area (Å²) in [5, 5.41) is 13.0. The third-order valence-corrected chi connectivity index (χ3v) is 0.999. The number of aromatic nitrogens is 2. The summed E-state index contributed by atoms with van der Waals surface area (Å²) >= 11 is 0. The third kappa shape index (κ3) is 1.48. The minimum absolute atomic E-state index is 0.220. The van der Waals surface area contributed by atoms with E-state index in [1.165, 1.54) is 0 Å². The van der Waals surface area contributed by atoms with E-state index in [0.717, 1.165) is 6.20 Å². The van der Waals surface area contributed by atoms with Crippen molar-refractivity contribution < 1.29 is 13.7 Å². The van der Waals surface area contributed by atoms with Crippen LogP contribution in [0.5, 0.6) is 0 Å². The molecule has 1 aromatic rings. The molecule has 0 N–H and O–H groups in total. The van der Waals surface area contributed by atoms with Gasteiger partial charge in [-0.15, -0.1) is 0 Å². The van der Waals surface area contributed by atoms with Crippen molar-refractivity contribution in [2.75, 3.05) is 0 Å². The predicted octanol–water partition coefficient (Wildman–Crippen LogP) is 1.19. The molecule has 0 radical (unpaired) electrons. The molecule has 0 saturated heterocycles. The van der Waals surface area contributed by atoms with Gasteiger partial charge in [-0.05, 0) is 0 Å². The highest BCUT2D eigenvalue weighted by Gasteiger charge is 2.13. The number of hydrogen-bond donors (Lipinski definition) is 0. The minimum atomic E-state index is -2.83. The van der Waals surface area contributed by atoms with Gasteiger partial charge in [0.1, 0.15) is 12.4 Å². The lowest BCUT2D eigenvalue weighted by molar-refractivity contribution is -0.385. The zero-order valence-electron chi connectivity index (χ0n) is 5.15. The lowest BCUT2D eigenvalue weighted by Crippen LogP contribution is -1.97. The van der Waals surface area contributed by atoms with E-state index >= 15 is 0 Å². The van der Waals surface area contributed by atoms with E-state index in [9.17, 15) is 18.9 Å². The number of alkyl halides is 2. The summed E-state index contributed by atoms with van der Waals surface area (Å²) in [6, 6.07) is 0. The first-order valence-corrected chi connectivity index (χ1v) is 2.58. The molecule has 0 amide bonds. The first-order valence-electron chi connectivity index (χ1n) is 2.58. The van der Waals surface area contributed by atoms with Crippen molar-refractivity contribution in [2.24, 2.45) is 0 Å². The van der Waals surface area contributed by atoms with Crippen molar-refractivity contribution in [1.29, 1.82) is 0 Å². The van der Waals surface area contributed by atoms with E-state index < -0.39 is 17.2 Å². The molecule has 0 aliphatic rings. The van der Waals surface area contributed by atoms with Crippen LogP contribution in [-0.2, 0) is 0 Å². The maximum atomic E-state index is 11.7. The molecule has 0 atom stereocenters. The summed E-state index contributed by atoms with van der Waals surface area (Å²) in [5.74, 6) is 0. The van der Waals surface area contributed by atoms with Gasteiger partial charge in [-0.2, -0.15) is 13.9 Å². The van der Waals surface area contributed by atoms with Gasteiger partial charge < -0.3 is 0 Å². The second-order valence-electron chi connectivity index (χ2n) is 1.71. The van der Waals surface area contributed by atoms with Crippen LogP contribution < -0.4 is 0 Å². The van der Waals surface area contributed by atoms with Gasteiger partial charge in [0.2, 0.25) is 0 Å². The molecule has 1 rings (SSSR count). The van der Waals surface area contributed by atoms with Crippen LogP contribution in [0.1, 0.15) is 6.55 Å². The van der Waals surface area contributed by atoms with Crippen molar-refractivity contribution in [3.63, 3.8) is 0 Å². The maximum Gasteiger partial charge on any atom is 0.333 e.